The number of benzene rings is 1. The van der Waals surface area contributed by atoms with Crippen LogP contribution in [0.25, 0.3) is 0 Å². The van der Waals surface area contributed by atoms with E-state index < -0.39 is 27.8 Å². The van der Waals surface area contributed by atoms with Crippen molar-refractivity contribution in [2.45, 2.75) is 44.8 Å². The molecule has 10 nitrogen and oxygen atoms in total. The molecule has 2 aliphatic rings. The van der Waals surface area contributed by atoms with Crippen molar-refractivity contribution in [3.05, 3.63) is 70.1 Å². The number of rotatable bonds is 10. The van der Waals surface area contributed by atoms with E-state index >= 15 is 0 Å². The van der Waals surface area contributed by atoms with Gasteiger partial charge in [0.2, 0.25) is 5.91 Å². The van der Waals surface area contributed by atoms with Gasteiger partial charge in [-0.15, -0.1) is 0 Å². The third-order valence-electron chi connectivity index (χ3n) is 6.54. The molecule has 1 aromatic carbocycles. The number of amides is 1. The number of para-hydroxylation sites is 1. The molecule has 204 valence electrons. The molecule has 0 bridgehead atoms. The first-order valence-electron chi connectivity index (χ1n) is 12.2. The minimum atomic E-state index is -4.18. The molecule has 38 heavy (non-hydrogen) atoms. The Morgan fingerprint density at radius 1 is 1.26 bits per heavy atom. The second-order valence-corrected chi connectivity index (χ2v) is 11.1. The monoisotopic (exact) mass is 564 g/mol. The average molecular weight is 565 g/mol. The lowest BCUT2D eigenvalue weighted by atomic mass is 9.84. The summed E-state index contributed by atoms with van der Waals surface area (Å²) in [4.78, 5) is 32.4. The molecule has 1 aromatic heterocycles. The summed E-state index contributed by atoms with van der Waals surface area (Å²) >= 11 is 5.96. The third kappa shape index (κ3) is 7.10. The molecule has 0 unspecified atom stereocenters. The van der Waals surface area contributed by atoms with Gasteiger partial charge in [-0.2, -0.15) is 8.42 Å². The Morgan fingerprint density at radius 3 is 2.74 bits per heavy atom. The highest BCUT2D eigenvalue weighted by Crippen LogP contribution is 2.38. The fourth-order valence-electron chi connectivity index (χ4n) is 4.61. The van der Waals surface area contributed by atoms with Gasteiger partial charge in [0.15, 0.2) is 0 Å². The van der Waals surface area contributed by atoms with Crippen LogP contribution in [-0.2, 0) is 35.8 Å². The van der Waals surface area contributed by atoms with Crippen LogP contribution in [0.2, 0.25) is 5.15 Å². The van der Waals surface area contributed by atoms with Crippen molar-refractivity contribution in [3.8, 4) is 5.75 Å². The Bertz CT molecular complexity index is 1310. The Hall–Kier alpha value is -2.99. The summed E-state index contributed by atoms with van der Waals surface area (Å²) in [5.41, 5.74) is 2.03. The van der Waals surface area contributed by atoms with Gasteiger partial charge in [-0.05, 0) is 37.5 Å². The molecular weight excluding hydrogens is 536 g/mol. The van der Waals surface area contributed by atoms with Gasteiger partial charge in [0, 0.05) is 36.4 Å². The van der Waals surface area contributed by atoms with E-state index in [1.54, 1.807) is 54.4 Å². The second-order valence-electron chi connectivity index (χ2n) is 9.13. The van der Waals surface area contributed by atoms with Crippen LogP contribution in [0.5, 0.6) is 5.75 Å². The van der Waals surface area contributed by atoms with E-state index in [1.807, 2.05) is 0 Å². The van der Waals surface area contributed by atoms with Crippen LogP contribution in [-0.4, -0.2) is 66.3 Å². The molecule has 12 heteroatoms. The molecule has 2 aromatic rings. The molecule has 0 saturated carbocycles. The average Bonchev–Trinajstić information content (AvgIpc) is 3.38. The summed E-state index contributed by atoms with van der Waals surface area (Å²) in [6, 6.07) is 10.1. The Balaban J connectivity index is 1.57. The number of pyridine rings is 1. The van der Waals surface area contributed by atoms with Crippen molar-refractivity contribution in [1.82, 2.24) is 9.88 Å². The molecule has 1 amide bonds. The molecule has 1 N–H and O–H groups in total. The van der Waals surface area contributed by atoms with Gasteiger partial charge in [0.05, 0.1) is 18.2 Å². The Labute approximate surface area is 226 Å². The predicted octanol–water partition coefficient (Wildman–Crippen LogP) is 3.51. The number of aromatic nitrogens is 1. The highest BCUT2D eigenvalue weighted by Gasteiger charge is 2.38. The van der Waals surface area contributed by atoms with Gasteiger partial charge in [-0.25, -0.2) is 9.78 Å². The number of hydrogen-bond donors (Lipinski definition) is 1. The summed E-state index contributed by atoms with van der Waals surface area (Å²) in [7, 11) is -4.18. The summed E-state index contributed by atoms with van der Waals surface area (Å²) < 4.78 is 47.9. The van der Waals surface area contributed by atoms with Crippen LogP contribution in [0, 0.1) is 0 Å². The van der Waals surface area contributed by atoms with E-state index in [4.69, 9.17) is 30.4 Å². The quantitative estimate of drug-likeness (QED) is 0.261. The molecule has 2 aliphatic heterocycles. The van der Waals surface area contributed by atoms with Crippen molar-refractivity contribution in [1.29, 1.82) is 0 Å². The third-order valence-corrected chi connectivity index (χ3v) is 7.44. The number of carbonyl (C=O) groups excluding carboxylic acids is 2. The van der Waals surface area contributed by atoms with E-state index in [0.29, 0.717) is 46.5 Å². The van der Waals surface area contributed by atoms with Gasteiger partial charge in [-0.1, -0.05) is 35.9 Å². The van der Waals surface area contributed by atoms with Crippen LogP contribution in [0.3, 0.4) is 0 Å². The zero-order chi connectivity index (χ0) is 27.3. The molecule has 4 rings (SSSR count). The fourth-order valence-corrected chi connectivity index (χ4v) is 5.02. The summed E-state index contributed by atoms with van der Waals surface area (Å²) in [6.07, 6.45) is 3.29. The normalized spacial score (nSPS) is 20.1. The summed E-state index contributed by atoms with van der Waals surface area (Å²) in [5, 5.41) is 0.298. The zero-order valence-electron chi connectivity index (χ0n) is 20.8. The molecule has 0 aliphatic carbocycles. The zero-order valence-corrected chi connectivity index (χ0v) is 22.4. The van der Waals surface area contributed by atoms with Crippen LogP contribution >= 0.6 is 11.6 Å². The first kappa shape index (κ1) is 28.0. The lowest BCUT2D eigenvalue weighted by Gasteiger charge is -2.35. The maximum atomic E-state index is 13.5. The minimum absolute atomic E-state index is 0.0626. The fraction of sp³-hybridized carbons (Fsp3) is 0.423. The first-order valence-corrected chi connectivity index (χ1v) is 14.2. The molecule has 1 saturated heterocycles. The van der Waals surface area contributed by atoms with Crippen LogP contribution in [0.15, 0.2) is 53.9 Å². The molecule has 2 atom stereocenters. The van der Waals surface area contributed by atoms with Crippen LogP contribution < -0.4 is 4.74 Å². The Morgan fingerprint density at radius 2 is 2.05 bits per heavy atom. The first-order chi connectivity index (χ1) is 18.1. The summed E-state index contributed by atoms with van der Waals surface area (Å²) in [6.45, 7) is 2.32. The number of nitrogens with zero attached hydrogens (tertiary/aromatic N) is 2. The highest BCUT2D eigenvalue weighted by atomic mass is 35.5. The van der Waals surface area contributed by atoms with Crippen molar-refractivity contribution in [3.63, 3.8) is 0 Å². The van der Waals surface area contributed by atoms with Crippen molar-refractivity contribution in [2.24, 2.45) is 0 Å². The largest absolute Gasteiger partial charge is 0.492 e. The van der Waals surface area contributed by atoms with Crippen LogP contribution in [0.1, 0.15) is 43.2 Å². The van der Waals surface area contributed by atoms with E-state index in [1.165, 1.54) is 0 Å². The smallest absolute Gasteiger partial charge is 0.336 e. The second kappa shape index (κ2) is 12.2. The van der Waals surface area contributed by atoms with Gasteiger partial charge >= 0.3 is 5.97 Å². The van der Waals surface area contributed by atoms with Gasteiger partial charge < -0.3 is 19.1 Å². The van der Waals surface area contributed by atoms with Gasteiger partial charge in [-0.3, -0.25) is 9.35 Å². The number of ether oxygens (including phenoxy) is 3. The minimum Gasteiger partial charge on any atom is -0.492 e. The van der Waals surface area contributed by atoms with E-state index in [-0.39, 0.29) is 31.6 Å². The lowest BCUT2D eigenvalue weighted by Crippen LogP contribution is -2.42. The molecule has 3 heterocycles. The number of allylic oxidation sites excluding steroid dienone is 1. The van der Waals surface area contributed by atoms with Crippen molar-refractivity contribution >= 4 is 33.6 Å². The highest BCUT2D eigenvalue weighted by molar-refractivity contribution is 7.85. The van der Waals surface area contributed by atoms with Crippen molar-refractivity contribution in [2.75, 3.05) is 25.5 Å². The maximum absolute atomic E-state index is 13.5. The number of carbonyl (C=O) groups is 2. The SMILES string of the molecule is CC1=C(C(=O)OCc2ccccc2OCCS(=O)(=O)O)[C@@H](c2ccc(Cl)nc2)CC(=O)N1C[C@H]1CCCO1. The number of hydrogen-bond acceptors (Lipinski definition) is 8. The van der Waals surface area contributed by atoms with Crippen molar-refractivity contribution < 1.29 is 36.8 Å². The molecule has 0 spiro atoms. The lowest BCUT2D eigenvalue weighted by molar-refractivity contribution is -0.141. The Kier molecular flexibility index (Phi) is 9.03. The maximum Gasteiger partial charge on any atom is 0.336 e. The van der Waals surface area contributed by atoms with Crippen LogP contribution in [0.4, 0.5) is 0 Å². The number of esters is 1. The standard InChI is InChI=1S/C26H29ClN2O8S/c1-17-25(26(31)37-16-19-5-2-3-7-22(19)36-11-12-38(32,33)34)21(18-8-9-23(27)28-14-18)13-24(30)29(17)15-20-6-4-10-35-20/h2-3,5,7-9,14,20-21H,4,6,10-13,15-16H2,1H3,(H,32,33,34)/t20-,21-/m1/s1. The molecule has 0 radical (unpaired) electrons. The van der Waals surface area contributed by atoms with E-state index in [0.717, 1.165) is 12.8 Å². The summed E-state index contributed by atoms with van der Waals surface area (Å²) in [5.74, 6) is -1.53. The van der Waals surface area contributed by atoms with Gasteiger partial charge in [0.1, 0.15) is 29.9 Å². The predicted molar refractivity (Wildman–Crippen MR) is 138 cm³/mol. The molecular formula is C26H29ClN2O8S. The topological polar surface area (TPSA) is 132 Å². The number of halogens is 1. The van der Waals surface area contributed by atoms with E-state index in [9.17, 15) is 18.0 Å². The van der Waals surface area contributed by atoms with E-state index in [2.05, 4.69) is 4.98 Å². The van der Waals surface area contributed by atoms with Gasteiger partial charge in [0.25, 0.3) is 10.1 Å². The molecule has 1 fully saturated rings.